The summed E-state index contributed by atoms with van der Waals surface area (Å²) >= 11 is 0. The average molecular weight is 197 g/mol. The van der Waals surface area contributed by atoms with Crippen molar-refractivity contribution >= 4 is 5.91 Å². The SMILES string of the molecule is NCCC(=O)NC1CN2CCC1CC2. The van der Waals surface area contributed by atoms with E-state index in [9.17, 15) is 4.79 Å². The van der Waals surface area contributed by atoms with Gasteiger partial charge in [-0.3, -0.25) is 4.79 Å². The van der Waals surface area contributed by atoms with Crippen LogP contribution in [0.25, 0.3) is 0 Å². The van der Waals surface area contributed by atoms with Crippen molar-refractivity contribution < 1.29 is 4.79 Å². The van der Waals surface area contributed by atoms with Gasteiger partial charge >= 0.3 is 0 Å². The molecule has 1 unspecified atom stereocenters. The monoisotopic (exact) mass is 197 g/mol. The van der Waals surface area contributed by atoms with Crippen LogP contribution in [0.15, 0.2) is 0 Å². The fourth-order valence-electron chi connectivity index (χ4n) is 2.54. The van der Waals surface area contributed by atoms with Gasteiger partial charge in [-0.2, -0.15) is 0 Å². The molecular weight excluding hydrogens is 178 g/mol. The summed E-state index contributed by atoms with van der Waals surface area (Å²) in [5, 5.41) is 3.09. The first-order chi connectivity index (χ1) is 6.79. The smallest absolute Gasteiger partial charge is 0.221 e. The van der Waals surface area contributed by atoms with Crippen molar-refractivity contribution in [1.29, 1.82) is 0 Å². The molecule has 2 bridgehead atoms. The Hall–Kier alpha value is -0.610. The maximum Gasteiger partial charge on any atom is 0.221 e. The fourth-order valence-corrected chi connectivity index (χ4v) is 2.54. The van der Waals surface area contributed by atoms with Crippen molar-refractivity contribution in [2.75, 3.05) is 26.2 Å². The number of piperidine rings is 3. The molecule has 3 aliphatic heterocycles. The Balaban J connectivity index is 1.83. The molecular formula is C10H19N3O. The predicted octanol–water partition coefficient (Wildman–Crippen LogP) is -0.454. The molecule has 3 aliphatic rings. The quantitative estimate of drug-likeness (QED) is 0.644. The molecule has 4 nitrogen and oxygen atoms in total. The molecule has 0 saturated carbocycles. The molecule has 0 aromatic rings. The minimum absolute atomic E-state index is 0.117. The van der Waals surface area contributed by atoms with Gasteiger partial charge in [-0.05, 0) is 31.8 Å². The highest BCUT2D eigenvalue weighted by Crippen LogP contribution is 2.27. The summed E-state index contributed by atoms with van der Waals surface area (Å²) in [5.41, 5.74) is 5.34. The molecule has 3 saturated heterocycles. The van der Waals surface area contributed by atoms with Gasteiger partial charge in [0.05, 0.1) is 0 Å². The third-order valence-electron chi connectivity index (χ3n) is 3.37. The first-order valence-electron chi connectivity index (χ1n) is 5.51. The van der Waals surface area contributed by atoms with E-state index in [1.54, 1.807) is 0 Å². The van der Waals surface area contributed by atoms with Crippen LogP contribution in [0.5, 0.6) is 0 Å². The lowest BCUT2D eigenvalue weighted by molar-refractivity contribution is -0.123. The van der Waals surface area contributed by atoms with Crippen molar-refractivity contribution in [3.63, 3.8) is 0 Å². The van der Waals surface area contributed by atoms with Crippen molar-refractivity contribution in [1.82, 2.24) is 10.2 Å². The molecule has 3 fully saturated rings. The highest BCUT2D eigenvalue weighted by molar-refractivity contribution is 5.76. The third-order valence-corrected chi connectivity index (χ3v) is 3.37. The number of carbonyl (C=O) groups is 1. The van der Waals surface area contributed by atoms with Crippen LogP contribution in [0, 0.1) is 5.92 Å². The van der Waals surface area contributed by atoms with E-state index in [4.69, 9.17) is 5.73 Å². The van der Waals surface area contributed by atoms with E-state index >= 15 is 0 Å². The van der Waals surface area contributed by atoms with E-state index < -0.39 is 0 Å². The minimum Gasteiger partial charge on any atom is -0.352 e. The van der Waals surface area contributed by atoms with Crippen molar-refractivity contribution in [2.45, 2.75) is 25.3 Å². The highest BCUT2D eigenvalue weighted by Gasteiger charge is 2.34. The van der Waals surface area contributed by atoms with Crippen LogP contribution in [0.3, 0.4) is 0 Å². The normalized spacial score (nSPS) is 35.6. The van der Waals surface area contributed by atoms with Gasteiger partial charge in [0, 0.05) is 25.6 Å². The number of nitrogens with zero attached hydrogens (tertiary/aromatic N) is 1. The summed E-state index contributed by atoms with van der Waals surface area (Å²) in [7, 11) is 0. The molecule has 3 rings (SSSR count). The number of rotatable bonds is 3. The zero-order valence-corrected chi connectivity index (χ0v) is 8.54. The molecule has 3 N–H and O–H groups in total. The fraction of sp³-hybridized carbons (Fsp3) is 0.900. The number of fused-ring (bicyclic) bond motifs is 3. The third kappa shape index (κ3) is 2.07. The molecule has 0 aliphatic carbocycles. The zero-order chi connectivity index (χ0) is 9.97. The Morgan fingerprint density at radius 2 is 2.14 bits per heavy atom. The Bertz CT molecular complexity index is 211. The van der Waals surface area contributed by atoms with Gasteiger partial charge in [0.25, 0.3) is 0 Å². The number of nitrogens with one attached hydrogen (secondary N) is 1. The number of hydrogen-bond acceptors (Lipinski definition) is 3. The van der Waals surface area contributed by atoms with Crippen LogP contribution >= 0.6 is 0 Å². The standard InChI is InChI=1S/C10H19N3O/c11-4-1-10(14)12-9-7-13-5-2-8(9)3-6-13/h8-9H,1-7,11H2,(H,12,14). The zero-order valence-electron chi connectivity index (χ0n) is 8.54. The number of nitrogens with two attached hydrogens (primary N) is 1. The second-order valence-corrected chi connectivity index (χ2v) is 4.35. The summed E-state index contributed by atoms with van der Waals surface area (Å²) in [6.45, 7) is 3.93. The molecule has 1 amide bonds. The summed E-state index contributed by atoms with van der Waals surface area (Å²) in [6.07, 6.45) is 2.95. The number of carbonyl (C=O) groups excluding carboxylic acids is 1. The van der Waals surface area contributed by atoms with Gasteiger partial charge in [0.15, 0.2) is 0 Å². The minimum atomic E-state index is 0.117. The van der Waals surface area contributed by atoms with Crippen molar-refractivity contribution in [3.8, 4) is 0 Å². The van der Waals surface area contributed by atoms with E-state index in [0.717, 1.165) is 6.54 Å². The molecule has 80 valence electrons. The van der Waals surface area contributed by atoms with Gasteiger partial charge in [0.1, 0.15) is 0 Å². The Kier molecular flexibility index (Phi) is 3.03. The Morgan fingerprint density at radius 3 is 2.64 bits per heavy atom. The van der Waals surface area contributed by atoms with Crippen LogP contribution in [0.2, 0.25) is 0 Å². The van der Waals surface area contributed by atoms with Gasteiger partial charge in [-0.1, -0.05) is 0 Å². The molecule has 1 atom stereocenters. The largest absolute Gasteiger partial charge is 0.352 e. The van der Waals surface area contributed by atoms with Crippen LogP contribution in [0.4, 0.5) is 0 Å². The second kappa shape index (κ2) is 4.28. The second-order valence-electron chi connectivity index (χ2n) is 4.35. The summed E-state index contributed by atoms with van der Waals surface area (Å²) in [6, 6.07) is 0.386. The molecule has 14 heavy (non-hydrogen) atoms. The average Bonchev–Trinajstić information content (AvgIpc) is 2.19. The topological polar surface area (TPSA) is 58.4 Å². The van der Waals surface area contributed by atoms with Crippen molar-refractivity contribution in [3.05, 3.63) is 0 Å². The number of amides is 1. The first-order valence-corrected chi connectivity index (χ1v) is 5.51. The van der Waals surface area contributed by atoms with Gasteiger partial charge in [-0.25, -0.2) is 0 Å². The van der Waals surface area contributed by atoms with Crippen molar-refractivity contribution in [2.24, 2.45) is 11.7 Å². The van der Waals surface area contributed by atoms with Gasteiger partial charge in [0.2, 0.25) is 5.91 Å². The molecule has 0 radical (unpaired) electrons. The molecule has 0 aromatic heterocycles. The summed E-state index contributed by atoms with van der Waals surface area (Å²) in [4.78, 5) is 13.8. The van der Waals surface area contributed by atoms with Crippen LogP contribution in [0.1, 0.15) is 19.3 Å². The van der Waals surface area contributed by atoms with E-state index in [2.05, 4.69) is 10.2 Å². The first kappa shape index (κ1) is 9.93. The summed E-state index contributed by atoms with van der Waals surface area (Å²) in [5.74, 6) is 0.827. The maximum absolute atomic E-state index is 11.4. The molecule has 3 heterocycles. The molecule has 4 heteroatoms. The van der Waals surface area contributed by atoms with Gasteiger partial charge in [-0.15, -0.1) is 0 Å². The lowest BCUT2D eigenvalue weighted by Crippen LogP contribution is -2.57. The van der Waals surface area contributed by atoms with Gasteiger partial charge < -0.3 is 16.0 Å². The molecule has 0 aromatic carbocycles. The van der Waals surface area contributed by atoms with E-state index in [-0.39, 0.29) is 5.91 Å². The van der Waals surface area contributed by atoms with Crippen LogP contribution in [-0.2, 0) is 4.79 Å². The maximum atomic E-state index is 11.4. The Morgan fingerprint density at radius 1 is 1.43 bits per heavy atom. The van der Waals surface area contributed by atoms with Crippen LogP contribution < -0.4 is 11.1 Å². The predicted molar refractivity (Wildman–Crippen MR) is 54.8 cm³/mol. The number of hydrogen-bond donors (Lipinski definition) is 2. The molecule has 0 spiro atoms. The lowest BCUT2D eigenvalue weighted by atomic mass is 9.84. The van der Waals surface area contributed by atoms with Crippen LogP contribution in [-0.4, -0.2) is 43.0 Å². The van der Waals surface area contributed by atoms with E-state index in [1.807, 2.05) is 0 Å². The Labute approximate surface area is 84.8 Å². The highest BCUT2D eigenvalue weighted by atomic mass is 16.1. The lowest BCUT2D eigenvalue weighted by Gasteiger charge is -2.44. The van der Waals surface area contributed by atoms with E-state index in [0.29, 0.717) is 24.9 Å². The summed E-state index contributed by atoms with van der Waals surface area (Å²) < 4.78 is 0. The van der Waals surface area contributed by atoms with E-state index in [1.165, 1.54) is 25.9 Å².